The predicted octanol–water partition coefficient (Wildman–Crippen LogP) is 1.28. The third kappa shape index (κ3) is 1.89. The first-order chi connectivity index (χ1) is 8.29. The predicted molar refractivity (Wildman–Crippen MR) is 64.9 cm³/mol. The molecule has 1 saturated carbocycles. The normalized spacial score (nSPS) is 18.5. The van der Waals surface area contributed by atoms with Crippen LogP contribution in [0.1, 0.15) is 18.4 Å². The van der Waals surface area contributed by atoms with Gasteiger partial charge in [-0.25, -0.2) is 0 Å². The molecule has 2 N–H and O–H groups in total. The van der Waals surface area contributed by atoms with E-state index in [1.807, 2.05) is 23.1 Å². The molecular weight excluding hydrogens is 216 g/mol. The van der Waals surface area contributed by atoms with Gasteiger partial charge in [0.1, 0.15) is 12.4 Å². The number of rotatable bonds is 2. The van der Waals surface area contributed by atoms with E-state index in [-0.39, 0.29) is 11.8 Å². The van der Waals surface area contributed by atoms with E-state index >= 15 is 0 Å². The van der Waals surface area contributed by atoms with Crippen molar-refractivity contribution in [3.05, 3.63) is 23.8 Å². The molecule has 0 atom stereocenters. The Morgan fingerprint density at radius 3 is 3.00 bits per heavy atom. The van der Waals surface area contributed by atoms with Crippen LogP contribution in [0.4, 0.5) is 5.69 Å². The molecule has 0 unspecified atom stereocenters. The molecule has 3 rings (SSSR count). The van der Waals surface area contributed by atoms with Crippen molar-refractivity contribution in [2.75, 3.05) is 18.1 Å². The third-order valence-corrected chi connectivity index (χ3v) is 3.32. The summed E-state index contributed by atoms with van der Waals surface area (Å²) in [6.07, 6.45) is 2.07. The average molecular weight is 232 g/mol. The first kappa shape index (κ1) is 10.6. The number of ether oxygens (including phenoxy) is 1. The first-order valence-corrected chi connectivity index (χ1v) is 6.07. The standard InChI is InChI=1S/C13H16N2O2/c14-8-9-1-4-11-12(7-9)17-6-5-15(11)13(16)10-2-3-10/h1,4,7,10H,2-3,5-6,8,14H2. The fourth-order valence-corrected chi connectivity index (χ4v) is 2.17. The van der Waals surface area contributed by atoms with Gasteiger partial charge in [-0.05, 0) is 30.5 Å². The molecule has 1 aliphatic carbocycles. The fraction of sp³-hybridized carbons (Fsp3) is 0.462. The summed E-state index contributed by atoms with van der Waals surface area (Å²) < 4.78 is 5.60. The molecule has 1 aliphatic heterocycles. The molecule has 1 fully saturated rings. The summed E-state index contributed by atoms with van der Waals surface area (Å²) in [7, 11) is 0. The van der Waals surface area contributed by atoms with Gasteiger partial charge in [0.05, 0.1) is 12.2 Å². The van der Waals surface area contributed by atoms with Crippen molar-refractivity contribution in [1.29, 1.82) is 0 Å². The molecule has 1 amide bonds. The molecule has 0 radical (unpaired) electrons. The zero-order valence-electron chi connectivity index (χ0n) is 9.69. The molecule has 1 aromatic rings. The van der Waals surface area contributed by atoms with Gasteiger partial charge >= 0.3 is 0 Å². The number of nitrogens with zero attached hydrogens (tertiary/aromatic N) is 1. The number of amides is 1. The van der Waals surface area contributed by atoms with Gasteiger partial charge in [0, 0.05) is 12.5 Å². The van der Waals surface area contributed by atoms with Crippen LogP contribution in [0.5, 0.6) is 5.75 Å². The lowest BCUT2D eigenvalue weighted by Gasteiger charge is -2.30. The second kappa shape index (κ2) is 4.04. The molecule has 4 nitrogen and oxygen atoms in total. The topological polar surface area (TPSA) is 55.6 Å². The van der Waals surface area contributed by atoms with Crippen molar-refractivity contribution in [2.45, 2.75) is 19.4 Å². The van der Waals surface area contributed by atoms with Gasteiger partial charge in [0.25, 0.3) is 0 Å². The molecule has 17 heavy (non-hydrogen) atoms. The van der Waals surface area contributed by atoms with Crippen molar-refractivity contribution in [3.63, 3.8) is 0 Å². The molecule has 0 spiro atoms. The Balaban J connectivity index is 1.93. The largest absolute Gasteiger partial charge is 0.490 e. The van der Waals surface area contributed by atoms with Crippen molar-refractivity contribution in [3.8, 4) is 5.75 Å². The third-order valence-electron chi connectivity index (χ3n) is 3.32. The van der Waals surface area contributed by atoms with Gasteiger partial charge in [-0.2, -0.15) is 0 Å². The van der Waals surface area contributed by atoms with Crippen LogP contribution in [0.2, 0.25) is 0 Å². The summed E-state index contributed by atoms with van der Waals surface area (Å²) >= 11 is 0. The second-order valence-electron chi connectivity index (χ2n) is 4.62. The lowest BCUT2D eigenvalue weighted by atomic mass is 10.1. The van der Waals surface area contributed by atoms with Crippen LogP contribution in [-0.2, 0) is 11.3 Å². The van der Waals surface area contributed by atoms with E-state index < -0.39 is 0 Å². The number of anilines is 1. The van der Waals surface area contributed by atoms with E-state index in [1.165, 1.54) is 0 Å². The van der Waals surface area contributed by atoms with Crippen LogP contribution < -0.4 is 15.4 Å². The van der Waals surface area contributed by atoms with E-state index in [2.05, 4.69) is 0 Å². The fourth-order valence-electron chi connectivity index (χ4n) is 2.17. The molecule has 90 valence electrons. The van der Waals surface area contributed by atoms with Crippen molar-refractivity contribution >= 4 is 11.6 Å². The molecule has 2 aliphatic rings. The molecule has 0 saturated heterocycles. The Hall–Kier alpha value is -1.55. The second-order valence-corrected chi connectivity index (χ2v) is 4.62. The number of benzene rings is 1. The zero-order chi connectivity index (χ0) is 11.8. The highest BCUT2D eigenvalue weighted by atomic mass is 16.5. The highest BCUT2D eigenvalue weighted by Gasteiger charge is 2.36. The van der Waals surface area contributed by atoms with Crippen LogP contribution in [0.3, 0.4) is 0 Å². The number of fused-ring (bicyclic) bond motifs is 1. The SMILES string of the molecule is NCc1ccc2c(c1)OCCN2C(=O)C1CC1. The number of hydrogen-bond donors (Lipinski definition) is 1. The van der Waals surface area contributed by atoms with E-state index in [9.17, 15) is 4.79 Å². The first-order valence-electron chi connectivity index (χ1n) is 6.07. The number of nitrogens with two attached hydrogens (primary N) is 1. The molecule has 1 aromatic carbocycles. The Morgan fingerprint density at radius 2 is 2.29 bits per heavy atom. The Kier molecular flexibility index (Phi) is 2.52. The Morgan fingerprint density at radius 1 is 1.47 bits per heavy atom. The molecule has 4 heteroatoms. The zero-order valence-corrected chi connectivity index (χ0v) is 9.69. The minimum absolute atomic E-state index is 0.245. The van der Waals surface area contributed by atoms with Gasteiger partial charge < -0.3 is 15.4 Å². The van der Waals surface area contributed by atoms with Crippen LogP contribution in [0.15, 0.2) is 18.2 Å². The maximum atomic E-state index is 12.1. The lowest BCUT2D eigenvalue weighted by molar-refractivity contribution is -0.120. The summed E-state index contributed by atoms with van der Waals surface area (Å²) in [6, 6.07) is 5.83. The number of carbonyl (C=O) groups is 1. The lowest BCUT2D eigenvalue weighted by Crippen LogP contribution is -2.38. The van der Waals surface area contributed by atoms with Crippen LogP contribution in [0, 0.1) is 5.92 Å². The molecule has 1 heterocycles. The summed E-state index contributed by atoms with van der Waals surface area (Å²) in [6.45, 7) is 1.72. The summed E-state index contributed by atoms with van der Waals surface area (Å²) in [5.74, 6) is 1.28. The van der Waals surface area contributed by atoms with Gasteiger partial charge in [0.2, 0.25) is 5.91 Å². The Bertz CT molecular complexity index is 455. The van der Waals surface area contributed by atoms with Gasteiger partial charge in [-0.15, -0.1) is 0 Å². The molecular formula is C13H16N2O2. The molecule has 0 aromatic heterocycles. The van der Waals surface area contributed by atoms with Crippen molar-refractivity contribution < 1.29 is 9.53 Å². The highest BCUT2D eigenvalue weighted by Crippen LogP contribution is 2.37. The minimum atomic E-state index is 0.245. The van der Waals surface area contributed by atoms with Crippen LogP contribution in [-0.4, -0.2) is 19.1 Å². The minimum Gasteiger partial charge on any atom is -0.490 e. The smallest absolute Gasteiger partial charge is 0.230 e. The summed E-state index contributed by atoms with van der Waals surface area (Å²) in [5.41, 5.74) is 7.53. The average Bonchev–Trinajstić information content (AvgIpc) is 3.20. The highest BCUT2D eigenvalue weighted by molar-refractivity contribution is 5.98. The monoisotopic (exact) mass is 232 g/mol. The quantitative estimate of drug-likeness (QED) is 0.835. The van der Waals surface area contributed by atoms with Gasteiger partial charge in [-0.3, -0.25) is 4.79 Å². The number of hydrogen-bond acceptors (Lipinski definition) is 3. The summed E-state index contributed by atoms with van der Waals surface area (Å²) in [5, 5.41) is 0. The summed E-state index contributed by atoms with van der Waals surface area (Å²) in [4.78, 5) is 14.0. The Labute approximate surface area is 100 Å². The molecule has 0 bridgehead atoms. The van der Waals surface area contributed by atoms with Crippen LogP contribution >= 0.6 is 0 Å². The van der Waals surface area contributed by atoms with Crippen molar-refractivity contribution in [1.82, 2.24) is 0 Å². The van der Waals surface area contributed by atoms with Crippen molar-refractivity contribution in [2.24, 2.45) is 11.7 Å². The maximum absolute atomic E-state index is 12.1. The van der Waals surface area contributed by atoms with E-state index in [1.54, 1.807) is 0 Å². The van der Waals surface area contributed by atoms with Gasteiger partial charge in [-0.1, -0.05) is 6.07 Å². The maximum Gasteiger partial charge on any atom is 0.230 e. The van der Waals surface area contributed by atoms with Gasteiger partial charge in [0.15, 0.2) is 0 Å². The van der Waals surface area contributed by atoms with Crippen LogP contribution in [0.25, 0.3) is 0 Å². The van der Waals surface area contributed by atoms with E-state index in [0.29, 0.717) is 19.7 Å². The number of carbonyl (C=O) groups excluding carboxylic acids is 1. The van der Waals surface area contributed by atoms with E-state index in [4.69, 9.17) is 10.5 Å². The van der Waals surface area contributed by atoms with E-state index in [0.717, 1.165) is 29.8 Å².